The minimum absolute atomic E-state index is 0.551. The number of nitrogens with one attached hydrogen (secondary N) is 2. The molecule has 0 bridgehead atoms. The quantitative estimate of drug-likeness (QED) is 0.655. The van der Waals surface area contributed by atoms with E-state index >= 15 is 0 Å². The minimum Gasteiger partial charge on any atom is -0.459 e. The number of furan rings is 1. The molecule has 0 saturated heterocycles. The first kappa shape index (κ1) is 13.5. The van der Waals surface area contributed by atoms with Crippen LogP contribution in [0.15, 0.2) is 33.7 Å². The van der Waals surface area contributed by atoms with Crippen molar-refractivity contribution in [1.82, 2.24) is 10.6 Å². The third-order valence-electron chi connectivity index (χ3n) is 3.01. The Morgan fingerprint density at radius 3 is 2.47 bits per heavy atom. The molecule has 2 N–H and O–H groups in total. The molecule has 102 valence electrons. The number of aryl methyl sites for hydroxylation is 1. The molecule has 0 atom stereocenters. The Balaban J connectivity index is 2.20. The number of hydrogen-bond donors (Lipinski definition) is 2. The van der Waals surface area contributed by atoms with Crippen LogP contribution in [-0.2, 0) is 6.54 Å². The molecular weight excluding hydrogens is 238 g/mol. The molecular formula is C15H21N3O. The maximum absolute atomic E-state index is 5.84. The zero-order valence-corrected chi connectivity index (χ0v) is 11.8. The normalized spacial score (nSPS) is 10.5. The van der Waals surface area contributed by atoms with Crippen molar-refractivity contribution in [3.05, 3.63) is 35.6 Å². The van der Waals surface area contributed by atoms with E-state index in [1.54, 1.807) is 0 Å². The number of aliphatic imine (C=N–C) groups is 1. The molecule has 4 heteroatoms. The first-order valence-electron chi connectivity index (χ1n) is 6.75. The summed E-state index contributed by atoms with van der Waals surface area (Å²) < 4.78 is 5.84. The van der Waals surface area contributed by atoms with Gasteiger partial charge in [0, 0.05) is 24.0 Å². The zero-order chi connectivity index (χ0) is 13.7. The fourth-order valence-corrected chi connectivity index (χ4v) is 2.04. The van der Waals surface area contributed by atoms with Gasteiger partial charge in [-0.05, 0) is 26.8 Å². The number of fused-ring (bicyclic) bond motifs is 1. The highest BCUT2D eigenvalue weighted by atomic mass is 16.3. The fraction of sp³-hybridized carbons (Fsp3) is 0.400. The fourth-order valence-electron chi connectivity index (χ4n) is 2.04. The molecule has 1 aromatic carbocycles. The lowest BCUT2D eigenvalue weighted by molar-refractivity contribution is 0.548. The molecule has 2 aromatic rings. The number of guanidine groups is 1. The average Bonchev–Trinajstić information content (AvgIpc) is 2.74. The lowest BCUT2D eigenvalue weighted by Gasteiger charge is -2.08. The summed E-state index contributed by atoms with van der Waals surface area (Å²) in [4.78, 5) is 4.53. The van der Waals surface area contributed by atoms with Crippen molar-refractivity contribution in [1.29, 1.82) is 0 Å². The molecule has 0 unspecified atom stereocenters. The Morgan fingerprint density at radius 1 is 1.16 bits per heavy atom. The van der Waals surface area contributed by atoms with E-state index < -0.39 is 0 Å². The molecule has 0 aliphatic carbocycles. The second-order valence-electron chi connectivity index (χ2n) is 4.37. The largest absolute Gasteiger partial charge is 0.459 e. The van der Waals surface area contributed by atoms with Crippen molar-refractivity contribution in [3.63, 3.8) is 0 Å². The van der Waals surface area contributed by atoms with Crippen LogP contribution >= 0.6 is 0 Å². The van der Waals surface area contributed by atoms with Gasteiger partial charge in [-0.2, -0.15) is 0 Å². The van der Waals surface area contributed by atoms with E-state index in [0.29, 0.717) is 6.54 Å². The topological polar surface area (TPSA) is 49.6 Å². The summed E-state index contributed by atoms with van der Waals surface area (Å²) in [7, 11) is 0. The van der Waals surface area contributed by atoms with Gasteiger partial charge in [0.1, 0.15) is 17.9 Å². The smallest absolute Gasteiger partial charge is 0.191 e. The van der Waals surface area contributed by atoms with Crippen molar-refractivity contribution >= 4 is 16.9 Å². The van der Waals surface area contributed by atoms with E-state index in [2.05, 4.69) is 42.5 Å². The third kappa shape index (κ3) is 3.08. The van der Waals surface area contributed by atoms with Crippen molar-refractivity contribution in [2.24, 2.45) is 4.99 Å². The third-order valence-corrected chi connectivity index (χ3v) is 3.01. The van der Waals surface area contributed by atoms with E-state index in [1.807, 2.05) is 18.2 Å². The van der Waals surface area contributed by atoms with Gasteiger partial charge < -0.3 is 15.1 Å². The second-order valence-corrected chi connectivity index (χ2v) is 4.37. The molecule has 0 amide bonds. The predicted octanol–water partition coefficient (Wildman–Crippen LogP) is 2.82. The lowest BCUT2D eigenvalue weighted by atomic mass is 10.1. The Kier molecular flexibility index (Phi) is 4.44. The Bertz CT molecular complexity index is 564. The van der Waals surface area contributed by atoms with E-state index in [9.17, 15) is 0 Å². The van der Waals surface area contributed by atoms with Crippen LogP contribution in [0.2, 0.25) is 0 Å². The van der Waals surface area contributed by atoms with E-state index in [0.717, 1.165) is 30.4 Å². The summed E-state index contributed by atoms with van der Waals surface area (Å²) in [5, 5.41) is 7.58. The van der Waals surface area contributed by atoms with Gasteiger partial charge >= 0.3 is 0 Å². The van der Waals surface area contributed by atoms with Gasteiger partial charge in [0.15, 0.2) is 5.96 Å². The highest BCUT2D eigenvalue weighted by Crippen LogP contribution is 2.25. The highest BCUT2D eigenvalue weighted by Gasteiger charge is 2.09. The molecule has 0 spiro atoms. The van der Waals surface area contributed by atoms with Crippen LogP contribution in [0.4, 0.5) is 0 Å². The first-order valence-corrected chi connectivity index (χ1v) is 6.75. The van der Waals surface area contributed by atoms with Crippen LogP contribution in [0.1, 0.15) is 25.2 Å². The van der Waals surface area contributed by atoms with Gasteiger partial charge in [0.25, 0.3) is 0 Å². The number of rotatable bonds is 4. The van der Waals surface area contributed by atoms with Gasteiger partial charge in [-0.25, -0.2) is 4.99 Å². The zero-order valence-electron chi connectivity index (χ0n) is 11.8. The highest BCUT2D eigenvalue weighted by molar-refractivity contribution is 5.82. The van der Waals surface area contributed by atoms with E-state index in [4.69, 9.17) is 4.42 Å². The summed E-state index contributed by atoms with van der Waals surface area (Å²) in [6, 6.07) is 8.09. The van der Waals surface area contributed by atoms with Gasteiger partial charge in [0.2, 0.25) is 0 Å². The van der Waals surface area contributed by atoms with Crippen molar-refractivity contribution in [2.75, 3.05) is 13.1 Å². The maximum atomic E-state index is 5.84. The average molecular weight is 259 g/mol. The van der Waals surface area contributed by atoms with Crippen molar-refractivity contribution in [2.45, 2.75) is 27.3 Å². The Morgan fingerprint density at radius 2 is 1.84 bits per heavy atom. The van der Waals surface area contributed by atoms with Crippen LogP contribution in [0.25, 0.3) is 11.0 Å². The SMILES string of the molecule is CCNC(=NCc1oc2ccccc2c1C)NCC. The molecule has 0 saturated carbocycles. The van der Waals surface area contributed by atoms with Crippen LogP contribution in [0, 0.1) is 6.92 Å². The summed E-state index contributed by atoms with van der Waals surface area (Å²) >= 11 is 0. The lowest BCUT2D eigenvalue weighted by Crippen LogP contribution is -2.36. The van der Waals surface area contributed by atoms with Crippen LogP contribution in [0.3, 0.4) is 0 Å². The summed E-state index contributed by atoms with van der Waals surface area (Å²) in [5.74, 6) is 1.75. The predicted molar refractivity (Wildman–Crippen MR) is 79.4 cm³/mol. The van der Waals surface area contributed by atoms with Gasteiger partial charge in [-0.1, -0.05) is 18.2 Å². The van der Waals surface area contributed by atoms with Gasteiger partial charge in [0.05, 0.1) is 0 Å². The number of benzene rings is 1. The second kappa shape index (κ2) is 6.27. The Labute approximate surface area is 113 Å². The molecule has 19 heavy (non-hydrogen) atoms. The van der Waals surface area contributed by atoms with Crippen LogP contribution in [-0.4, -0.2) is 19.0 Å². The molecule has 1 aromatic heterocycles. The number of nitrogens with zero attached hydrogens (tertiary/aromatic N) is 1. The standard InChI is InChI=1S/C15H21N3O/c1-4-16-15(17-5-2)18-10-14-11(3)12-8-6-7-9-13(12)19-14/h6-9H,4-5,10H2,1-3H3,(H2,16,17,18). The Hall–Kier alpha value is -1.97. The molecule has 2 rings (SSSR count). The van der Waals surface area contributed by atoms with E-state index in [-0.39, 0.29) is 0 Å². The van der Waals surface area contributed by atoms with Gasteiger partial charge in [-0.15, -0.1) is 0 Å². The monoisotopic (exact) mass is 259 g/mol. The molecule has 1 heterocycles. The molecule has 4 nitrogen and oxygen atoms in total. The van der Waals surface area contributed by atoms with Crippen LogP contribution < -0.4 is 10.6 Å². The molecule has 0 fully saturated rings. The minimum atomic E-state index is 0.551. The number of hydrogen-bond acceptors (Lipinski definition) is 2. The molecule has 0 aliphatic heterocycles. The molecule has 0 radical (unpaired) electrons. The summed E-state index contributed by atoms with van der Waals surface area (Å²) in [6.07, 6.45) is 0. The van der Waals surface area contributed by atoms with E-state index in [1.165, 1.54) is 10.9 Å². The maximum Gasteiger partial charge on any atom is 0.191 e. The number of para-hydroxylation sites is 1. The van der Waals surface area contributed by atoms with Gasteiger partial charge in [-0.3, -0.25) is 0 Å². The van der Waals surface area contributed by atoms with Crippen molar-refractivity contribution < 1.29 is 4.42 Å². The molecule has 0 aliphatic rings. The first-order chi connectivity index (χ1) is 9.26. The summed E-state index contributed by atoms with van der Waals surface area (Å²) in [5.41, 5.74) is 2.10. The summed E-state index contributed by atoms with van der Waals surface area (Å²) in [6.45, 7) is 8.45. The van der Waals surface area contributed by atoms with Crippen molar-refractivity contribution in [3.8, 4) is 0 Å². The van der Waals surface area contributed by atoms with Crippen LogP contribution in [0.5, 0.6) is 0 Å².